The Hall–Kier alpha value is -2.66. The highest BCUT2D eigenvalue weighted by Gasteiger charge is 2.10. The summed E-state index contributed by atoms with van der Waals surface area (Å²) in [5.41, 5.74) is 4.15. The SMILES string of the molecule is O=C(Nc1ccc(Cl)c(Cl)c1)c1ccc(-c2nc(-c3ccccc3)cs2)cc1. The van der Waals surface area contributed by atoms with Crippen molar-refractivity contribution in [1.82, 2.24) is 4.98 Å². The third kappa shape index (κ3) is 4.09. The second-order valence-electron chi connectivity index (χ2n) is 6.06. The number of aromatic nitrogens is 1. The molecular formula is C22H14Cl2N2OS. The topological polar surface area (TPSA) is 42.0 Å². The zero-order valence-corrected chi connectivity index (χ0v) is 16.9. The van der Waals surface area contributed by atoms with Crippen LogP contribution in [0.3, 0.4) is 0 Å². The predicted octanol–water partition coefficient (Wildman–Crippen LogP) is 7.04. The Morgan fingerprint density at radius 2 is 1.61 bits per heavy atom. The lowest BCUT2D eigenvalue weighted by Crippen LogP contribution is -2.11. The maximum atomic E-state index is 12.4. The normalized spacial score (nSPS) is 10.6. The van der Waals surface area contributed by atoms with Crippen LogP contribution in [0.1, 0.15) is 10.4 Å². The van der Waals surface area contributed by atoms with Crippen LogP contribution in [0.25, 0.3) is 21.8 Å². The molecule has 1 aromatic heterocycles. The lowest BCUT2D eigenvalue weighted by molar-refractivity contribution is 0.102. The first kappa shape index (κ1) is 18.7. The predicted molar refractivity (Wildman–Crippen MR) is 117 cm³/mol. The van der Waals surface area contributed by atoms with Gasteiger partial charge in [-0.25, -0.2) is 4.98 Å². The molecule has 3 nitrogen and oxygen atoms in total. The Balaban J connectivity index is 1.50. The zero-order chi connectivity index (χ0) is 19.5. The lowest BCUT2D eigenvalue weighted by Gasteiger charge is -2.07. The first-order valence-corrected chi connectivity index (χ1v) is 10.1. The molecule has 0 aliphatic carbocycles. The molecule has 0 bridgehead atoms. The molecule has 3 aromatic carbocycles. The fourth-order valence-corrected chi connectivity index (χ4v) is 3.82. The Morgan fingerprint density at radius 1 is 0.857 bits per heavy atom. The number of nitrogens with zero attached hydrogens (tertiary/aromatic N) is 1. The minimum absolute atomic E-state index is 0.214. The molecule has 4 aromatic rings. The Morgan fingerprint density at radius 3 is 2.32 bits per heavy atom. The monoisotopic (exact) mass is 424 g/mol. The molecule has 28 heavy (non-hydrogen) atoms. The summed E-state index contributed by atoms with van der Waals surface area (Å²) in [6.07, 6.45) is 0. The van der Waals surface area contributed by atoms with Gasteiger partial charge in [-0.2, -0.15) is 0 Å². The molecule has 4 rings (SSSR count). The van der Waals surface area contributed by atoms with Gasteiger partial charge in [0.1, 0.15) is 5.01 Å². The Kier molecular flexibility index (Phi) is 5.44. The van der Waals surface area contributed by atoms with E-state index in [1.807, 2.05) is 47.8 Å². The maximum Gasteiger partial charge on any atom is 0.255 e. The van der Waals surface area contributed by atoms with Crippen molar-refractivity contribution >= 4 is 46.1 Å². The average molecular weight is 425 g/mol. The number of halogens is 2. The van der Waals surface area contributed by atoms with Gasteiger partial charge in [-0.1, -0.05) is 65.7 Å². The molecule has 1 N–H and O–H groups in total. The van der Waals surface area contributed by atoms with Gasteiger partial charge in [0.2, 0.25) is 0 Å². The van der Waals surface area contributed by atoms with Crippen molar-refractivity contribution in [2.24, 2.45) is 0 Å². The van der Waals surface area contributed by atoms with E-state index in [-0.39, 0.29) is 5.91 Å². The number of amides is 1. The van der Waals surface area contributed by atoms with Gasteiger partial charge >= 0.3 is 0 Å². The standard InChI is InChI=1S/C22H14Cl2N2OS/c23-18-11-10-17(12-19(18)24)25-21(27)15-6-8-16(9-7-15)22-26-20(13-28-22)14-4-2-1-3-5-14/h1-13H,(H,25,27). The van der Waals surface area contributed by atoms with E-state index in [4.69, 9.17) is 28.2 Å². The van der Waals surface area contributed by atoms with E-state index >= 15 is 0 Å². The summed E-state index contributed by atoms with van der Waals surface area (Å²) in [6, 6.07) is 22.4. The van der Waals surface area contributed by atoms with Crippen LogP contribution in [0.2, 0.25) is 10.0 Å². The van der Waals surface area contributed by atoms with E-state index in [1.165, 1.54) is 0 Å². The summed E-state index contributed by atoms with van der Waals surface area (Å²) in [7, 11) is 0. The minimum atomic E-state index is -0.214. The highest BCUT2D eigenvalue weighted by Crippen LogP contribution is 2.29. The molecule has 1 amide bonds. The molecule has 0 unspecified atom stereocenters. The van der Waals surface area contributed by atoms with Gasteiger partial charge in [0, 0.05) is 27.8 Å². The molecule has 138 valence electrons. The smallest absolute Gasteiger partial charge is 0.255 e. The summed E-state index contributed by atoms with van der Waals surface area (Å²) in [5, 5.41) is 6.61. The summed E-state index contributed by atoms with van der Waals surface area (Å²) in [4.78, 5) is 17.1. The van der Waals surface area contributed by atoms with Gasteiger partial charge in [0.05, 0.1) is 15.7 Å². The van der Waals surface area contributed by atoms with Crippen LogP contribution in [-0.4, -0.2) is 10.9 Å². The van der Waals surface area contributed by atoms with Gasteiger partial charge in [0.15, 0.2) is 0 Å². The van der Waals surface area contributed by atoms with Crippen molar-refractivity contribution in [2.45, 2.75) is 0 Å². The number of carbonyl (C=O) groups is 1. The number of anilines is 1. The van der Waals surface area contributed by atoms with Crippen molar-refractivity contribution in [3.8, 4) is 21.8 Å². The van der Waals surface area contributed by atoms with Crippen molar-refractivity contribution in [3.05, 3.63) is 93.8 Å². The summed E-state index contributed by atoms with van der Waals surface area (Å²) in [5.74, 6) is -0.214. The highest BCUT2D eigenvalue weighted by atomic mass is 35.5. The van der Waals surface area contributed by atoms with Crippen molar-refractivity contribution < 1.29 is 4.79 Å². The molecule has 0 aliphatic rings. The number of rotatable bonds is 4. The van der Waals surface area contributed by atoms with Crippen LogP contribution in [0, 0.1) is 0 Å². The fraction of sp³-hybridized carbons (Fsp3) is 0. The summed E-state index contributed by atoms with van der Waals surface area (Å²) < 4.78 is 0. The molecule has 0 aliphatic heterocycles. The van der Waals surface area contributed by atoms with E-state index in [0.717, 1.165) is 21.8 Å². The highest BCUT2D eigenvalue weighted by molar-refractivity contribution is 7.13. The molecule has 0 fully saturated rings. The second kappa shape index (κ2) is 8.15. The number of hydrogen-bond acceptors (Lipinski definition) is 3. The van der Waals surface area contributed by atoms with E-state index in [9.17, 15) is 4.79 Å². The fourth-order valence-electron chi connectivity index (χ4n) is 2.69. The van der Waals surface area contributed by atoms with E-state index in [2.05, 4.69) is 5.32 Å². The van der Waals surface area contributed by atoms with Gasteiger partial charge in [0.25, 0.3) is 5.91 Å². The zero-order valence-electron chi connectivity index (χ0n) is 14.5. The first-order valence-electron chi connectivity index (χ1n) is 8.48. The lowest BCUT2D eigenvalue weighted by atomic mass is 10.1. The molecule has 6 heteroatoms. The van der Waals surface area contributed by atoms with Crippen molar-refractivity contribution in [1.29, 1.82) is 0 Å². The van der Waals surface area contributed by atoms with Crippen LogP contribution in [0.4, 0.5) is 5.69 Å². The third-order valence-corrected chi connectivity index (χ3v) is 5.78. The van der Waals surface area contributed by atoms with Crippen molar-refractivity contribution in [2.75, 3.05) is 5.32 Å². The minimum Gasteiger partial charge on any atom is -0.322 e. The van der Waals surface area contributed by atoms with Crippen LogP contribution >= 0.6 is 34.5 Å². The maximum absolute atomic E-state index is 12.4. The van der Waals surface area contributed by atoms with Crippen LogP contribution in [-0.2, 0) is 0 Å². The van der Waals surface area contributed by atoms with Crippen molar-refractivity contribution in [3.63, 3.8) is 0 Å². The average Bonchev–Trinajstić information content (AvgIpc) is 3.22. The molecule has 1 heterocycles. The number of benzene rings is 3. The molecule has 0 radical (unpaired) electrons. The number of thiazole rings is 1. The van der Waals surface area contributed by atoms with E-state index < -0.39 is 0 Å². The number of nitrogens with one attached hydrogen (secondary N) is 1. The Bertz CT molecular complexity index is 1130. The molecule has 0 saturated heterocycles. The van der Waals surface area contributed by atoms with Crippen LogP contribution in [0.15, 0.2) is 78.2 Å². The molecule has 0 saturated carbocycles. The molecule has 0 atom stereocenters. The molecular weight excluding hydrogens is 411 g/mol. The summed E-state index contributed by atoms with van der Waals surface area (Å²) >= 11 is 13.5. The molecule has 0 spiro atoms. The van der Waals surface area contributed by atoms with E-state index in [0.29, 0.717) is 21.3 Å². The summed E-state index contributed by atoms with van der Waals surface area (Å²) in [6.45, 7) is 0. The first-order chi connectivity index (χ1) is 13.6. The number of carbonyl (C=O) groups excluding carboxylic acids is 1. The van der Waals surface area contributed by atoms with Crippen LogP contribution in [0.5, 0.6) is 0 Å². The van der Waals surface area contributed by atoms with Crippen LogP contribution < -0.4 is 5.32 Å². The second-order valence-corrected chi connectivity index (χ2v) is 7.74. The van der Waals surface area contributed by atoms with Gasteiger partial charge in [-0.05, 0) is 30.3 Å². The Labute approximate surface area is 176 Å². The van der Waals surface area contributed by atoms with Gasteiger partial charge in [-0.3, -0.25) is 4.79 Å². The van der Waals surface area contributed by atoms with E-state index in [1.54, 1.807) is 41.7 Å². The quantitative estimate of drug-likeness (QED) is 0.381. The van der Waals surface area contributed by atoms with Gasteiger partial charge < -0.3 is 5.32 Å². The number of hydrogen-bond donors (Lipinski definition) is 1. The largest absolute Gasteiger partial charge is 0.322 e. The van der Waals surface area contributed by atoms with Gasteiger partial charge in [-0.15, -0.1) is 11.3 Å². The third-order valence-electron chi connectivity index (χ3n) is 4.15.